The van der Waals surface area contributed by atoms with Gasteiger partial charge in [0.05, 0.1) is 0 Å². The van der Waals surface area contributed by atoms with Crippen molar-refractivity contribution in [3.63, 3.8) is 0 Å². The molecule has 0 radical (unpaired) electrons. The van der Waals surface area contributed by atoms with Crippen molar-refractivity contribution in [2.45, 2.75) is 194 Å². The lowest BCUT2D eigenvalue weighted by Crippen LogP contribution is -1.83. The van der Waals surface area contributed by atoms with E-state index in [4.69, 9.17) is 0 Å². The molecular formula is C34H68. The normalized spacial score (nSPS) is 10.6. The van der Waals surface area contributed by atoms with E-state index in [9.17, 15) is 0 Å². The second-order valence-corrected chi connectivity index (χ2v) is 10.6. The Hall–Kier alpha value is -0.520. The monoisotopic (exact) mass is 477 g/mol. The number of hydrogen-bond acceptors (Lipinski definition) is 0. The zero-order chi connectivity index (χ0) is 25.2. The molecule has 0 rings (SSSR count). The first-order chi connectivity index (χ1) is 16.8. The molecule has 0 spiro atoms. The van der Waals surface area contributed by atoms with Gasteiger partial charge in [-0.1, -0.05) is 180 Å². The van der Waals surface area contributed by atoms with Crippen molar-refractivity contribution in [3.8, 4) is 0 Å². The molecule has 0 N–H and O–H groups in total. The molecule has 0 nitrogen and oxygen atoms in total. The summed E-state index contributed by atoms with van der Waals surface area (Å²) in [5.41, 5.74) is 0. The van der Waals surface area contributed by atoms with Gasteiger partial charge in [-0.25, -0.2) is 0 Å². The van der Waals surface area contributed by atoms with E-state index in [1.165, 1.54) is 180 Å². The summed E-state index contributed by atoms with van der Waals surface area (Å²) in [6.45, 7) is 12.1. The van der Waals surface area contributed by atoms with Crippen LogP contribution >= 0.6 is 0 Å². The van der Waals surface area contributed by atoms with Crippen LogP contribution in [0.2, 0.25) is 0 Å². The zero-order valence-corrected chi connectivity index (χ0v) is 24.4. The Morgan fingerprint density at radius 1 is 0.294 bits per heavy atom. The van der Waals surface area contributed by atoms with E-state index in [2.05, 4.69) is 27.0 Å². The summed E-state index contributed by atoms with van der Waals surface area (Å²) >= 11 is 0. The summed E-state index contributed by atoms with van der Waals surface area (Å²) in [7, 11) is 0. The number of hydrogen-bond donors (Lipinski definition) is 0. The molecule has 0 bridgehead atoms. The third-order valence-electron chi connectivity index (χ3n) is 7.02. The summed E-state index contributed by atoms with van der Waals surface area (Å²) in [4.78, 5) is 0. The summed E-state index contributed by atoms with van der Waals surface area (Å²) < 4.78 is 0. The first-order valence-corrected chi connectivity index (χ1v) is 16.0. The molecule has 0 aromatic rings. The second-order valence-electron chi connectivity index (χ2n) is 10.6. The van der Waals surface area contributed by atoms with E-state index in [-0.39, 0.29) is 0 Å². The molecule has 0 atom stereocenters. The zero-order valence-electron chi connectivity index (χ0n) is 24.4. The smallest absolute Gasteiger partial charge is 0.0353 e. The van der Waals surface area contributed by atoms with Gasteiger partial charge in [0.1, 0.15) is 0 Å². The average molecular weight is 477 g/mol. The standard InChI is InChI=1S/C18H36.C16H32/c1-3-5-7-9-11-13-15-17-18-16-14-12-10-8-6-4-2;1-3-5-7-9-11-13-15-16-14-12-10-8-6-4-2/h3H,1,4-18H2,2H3;3H,1,4-16H2,2H3. The van der Waals surface area contributed by atoms with Crippen LogP contribution in [0.4, 0.5) is 0 Å². The number of unbranched alkanes of at least 4 members (excludes halogenated alkanes) is 26. The van der Waals surface area contributed by atoms with Crippen LogP contribution in [0.3, 0.4) is 0 Å². The highest BCUT2D eigenvalue weighted by Crippen LogP contribution is 2.14. The van der Waals surface area contributed by atoms with Crippen molar-refractivity contribution in [1.29, 1.82) is 0 Å². The van der Waals surface area contributed by atoms with Crippen LogP contribution in [0.1, 0.15) is 194 Å². The maximum absolute atomic E-state index is 3.76. The van der Waals surface area contributed by atoms with Gasteiger partial charge in [0.25, 0.3) is 0 Å². The highest BCUT2D eigenvalue weighted by Gasteiger charge is 1.94. The fourth-order valence-corrected chi connectivity index (χ4v) is 4.61. The van der Waals surface area contributed by atoms with E-state index in [1.807, 2.05) is 12.2 Å². The van der Waals surface area contributed by atoms with E-state index >= 15 is 0 Å². The van der Waals surface area contributed by atoms with Gasteiger partial charge < -0.3 is 0 Å². The predicted molar refractivity (Wildman–Crippen MR) is 161 cm³/mol. The highest BCUT2D eigenvalue weighted by molar-refractivity contribution is 4.66. The molecule has 0 aromatic carbocycles. The molecule has 0 amide bonds. The first-order valence-electron chi connectivity index (χ1n) is 16.0. The van der Waals surface area contributed by atoms with Crippen LogP contribution in [0, 0.1) is 0 Å². The Morgan fingerprint density at radius 3 is 0.647 bits per heavy atom. The number of allylic oxidation sites excluding steroid dienone is 2. The molecule has 204 valence electrons. The Morgan fingerprint density at radius 2 is 0.471 bits per heavy atom. The van der Waals surface area contributed by atoms with Crippen molar-refractivity contribution in [1.82, 2.24) is 0 Å². The molecule has 0 saturated carbocycles. The lowest BCUT2D eigenvalue weighted by molar-refractivity contribution is 0.536. The molecule has 0 saturated heterocycles. The predicted octanol–water partition coefficient (Wildman–Crippen LogP) is 13.3. The average Bonchev–Trinajstić information content (AvgIpc) is 2.85. The van der Waals surface area contributed by atoms with E-state index in [1.54, 1.807) is 0 Å². The topological polar surface area (TPSA) is 0 Å². The minimum atomic E-state index is 1.21. The molecule has 0 unspecified atom stereocenters. The molecule has 0 aliphatic carbocycles. The lowest BCUT2D eigenvalue weighted by atomic mass is 10.0. The van der Waals surface area contributed by atoms with Crippen LogP contribution in [0.25, 0.3) is 0 Å². The molecule has 0 heterocycles. The Bertz CT molecular complexity index is 342. The van der Waals surface area contributed by atoms with Crippen molar-refractivity contribution in [3.05, 3.63) is 25.3 Å². The third-order valence-corrected chi connectivity index (χ3v) is 7.02. The molecular weight excluding hydrogens is 408 g/mol. The van der Waals surface area contributed by atoms with Gasteiger partial charge in [-0.3, -0.25) is 0 Å². The third kappa shape index (κ3) is 38.7. The summed E-state index contributed by atoms with van der Waals surface area (Å²) in [6, 6.07) is 0. The van der Waals surface area contributed by atoms with Crippen LogP contribution in [0.15, 0.2) is 25.3 Å². The Kier molecular flexibility index (Phi) is 38.8. The number of rotatable bonds is 28. The second kappa shape index (κ2) is 37.0. The fourth-order valence-electron chi connectivity index (χ4n) is 4.61. The lowest BCUT2D eigenvalue weighted by Gasteiger charge is -2.02. The summed E-state index contributed by atoms with van der Waals surface area (Å²) in [5.74, 6) is 0. The quantitative estimate of drug-likeness (QED) is 0.0777. The minimum absolute atomic E-state index is 1.21. The maximum atomic E-state index is 3.76. The molecule has 0 heteroatoms. The highest BCUT2D eigenvalue weighted by atomic mass is 14.0. The maximum Gasteiger partial charge on any atom is -0.0353 e. The minimum Gasteiger partial charge on any atom is -0.103 e. The molecule has 0 aliphatic rings. The van der Waals surface area contributed by atoms with Crippen LogP contribution in [0.5, 0.6) is 0 Å². The molecule has 0 aromatic heterocycles. The van der Waals surface area contributed by atoms with E-state index < -0.39 is 0 Å². The first kappa shape index (κ1) is 35.6. The fraction of sp³-hybridized carbons (Fsp3) is 0.882. The van der Waals surface area contributed by atoms with Crippen LogP contribution in [-0.4, -0.2) is 0 Å². The van der Waals surface area contributed by atoms with Crippen LogP contribution < -0.4 is 0 Å². The Labute approximate surface area is 218 Å². The van der Waals surface area contributed by atoms with Crippen molar-refractivity contribution in [2.24, 2.45) is 0 Å². The van der Waals surface area contributed by atoms with Gasteiger partial charge in [-0.05, 0) is 25.7 Å². The Balaban J connectivity index is 0. The van der Waals surface area contributed by atoms with Crippen molar-refractivity contribution >= 4 is 0 Å². The van der Waals surface area contributed by atoms with Gasteiger partial charge in [-0.2, -0.15) is 0 Å². The molecule has 0 aliphatic heterocycles. The summed E-state index contributed by atoms with van der Waals surface area (Å²) in [6.07, 6.45) is 43.9. The van der Waals surface area contributed by atoms with Crippen LogP contribution in [-0.2, 0) is 0 Å². The SMILES string of the molecule is C=CCCCCCCCCCCCCCC.C=CCCCCCCCCCCCCCCCC. The van der Waals surface area contributed by atoms with Crippen molar-refractivity contribution in [2.75, 3.05) is 0 Å². The largest absolute Gasteiger partial charge is 0.103 e. The van der Waals surface area contributed by atoms with Gasteiger partial charge in [0.15, 0.2) is 0 Å². The van der Waals surface area contributed by atoms with Gasteiger partial charge in [-0.15, -0.1) is 13.2 Å². The van der Waals surface area contributed by atoms with Gasteiger partial charge in [0.2, 0.25) is 0 Å². The summed E-state index contributed by atoms with van der Waals surface area (Å²) in [5, 5.41) is 0. The van der Waals surface area contributed by atoms with Crippen molar-refractivity contribution < 1.29 is 0 Å². The van der Waals surface area contributed by atoms with E-state index in [0.29, 0.717) is 0 Å². The molecule has 0 fully saturated rings. The van der Waals surface area contributed by atoms with Gasteiger partial charge in [0, 0.05) is 0 Å². The van der Waals surface area contributed by atoms with Gasteiger partial charge >= 0.3 is 0 Å². The van der Waals surface area contributed by atoms with E-state index in [0.717, 1.165) is 0 Å². The molecule has 34 heavy (non-hydrogen) atoms.